The lowest BCUT2D eigenvalue weighted by molar-refractivity contribution is -0.139. The molecule has 118 valence electrons. The van der Waals surface area contributed by atoms with Crippen LogP contribution in [0, 0.1) is 0 Å². The van der Waals surface area contributed by atoms with Crippen molar-refractivity contribution in [2.75, 3.05) is 0 Å². The second-order valence-corrected chi connectivity index (χ2v) is 7.27. The van der Waals surface area contributed by atoms with Gasteiger partial charge in [-0.25, -0.2) is 0 Å². The van der Waals surface area contributed by atoms with E-state index in [0.29, 0.717) is 13.0 Å². The highest BCUT2D eigenvalue weighted by Gasteiger charge is 2.16. The van der Waals surface area contributed by atoms with Gasteiger partial charge in [-0.05, 0) is 36.2 Å². The Hall–Kier alpha value is -1.17. The molecule has 0 saturated carbocycles. The summed E-state index contributed by atoms with van der Waals surface area (Å²) in [6.07, 6.45) is 2.62. The number of carbonyl (C=O) groups is 1. The number of carboxylic acids is 1. The van der Waals surface area contributed by atoms with Gasteiger partial charge < -0.3 is 5.11 Å². The second-order valence-electron chi connectivity index (χ2n) is 5.19. The SMILES string of the molecule is CCCC[C@H](NCc1ccc(-c2cccc(Br)c2)s1)C(=O)O. The first-order valence-electron chi connectivity index (χ1n) is 7.41. The van der Waals surface area contributed by atoms with Gasteiger partial charge in [0.1, 0.15) is 6.04 Å². The summed E-state index contributed by atoms with van der Waals surface area (Å²) in [7, 11) is 0. The standard InChI is InChI=1S/C17H20BrNO2S/c1-2-3-7-15(17(20)21)19-11-14-8-9-16(22-14)12-5-4-6-13(18)10-12/h4-6,8-10,15,19H,2-3,7,11H2,1H3,(H,20,21)/t15-/m0/s1. The summed E-state index contributed by atoms with van der Waals surface area (Å²) >= 11 is 5.18. The Morgan fingerprint density at radius 3 is 2.86 bits per heavy atom. The molecule has 1 heterocycles. The molecule has 1 aromatic carbocycles. The van der Waals surface area contributed by atoms with Crippen molar-refractivity contribution in [1.82, 2.24) is 5.32 Å². The predicted molar refractivity (Wildman–Crippen MR) is 95.2 cm³/mol. The number of thiophene rings is 1. The minimum absolute atomic E-state index is 0.462. The van der Waals surface area contributed by atoms with Gasteiger partial charge in [0.2, 0.25) is 0 Å². The Kier molecular flexibility index (Phi) is 6.61. The van der Waals surface area contributed by atoms with Crippen LogP contribution >= 0.6 is 27.3 Å². The van der Waals surface area contributed by atoms with Gasteiger partial charge in [0.05, 0.1) is 0 Å². The first-order chi connectivity index (χ1) is 10.6. The Bertz CT molecular complexity index is 627. The molecular weight excluding hydrogens is 362 g/mol. The molecule has 0 aliphatic rings. The minimum atomic E-state index is -0.766. The summed E-state index contributed by atoms with van der Waals surface area (Å²) in [6.45, 7) is 2.67. The summed E-state index contributed by atoms with van der Waals surface area (Å²) < 4.78 is 1.06. The zero-order chi connectivity index (χ0) is 15.9. The molecule has 1 atom stereocenters. The lowest BCUT2D eigenvalue weighted by Crippen LogP contribution is -2.35. The molecule has 0 radical (unpaired) electrons. The zero-order valence-electron chi connectivity index (χ0n) is 12.5. The number of hydrogen-bond donors (Lipinski definition) is 2. The molecule has 3 nitrogen and oxygen atoms in total. The molecule has 5 heteroatoms. The van der Waals surface area contributed by atoms with Crippen LogP contribution in [0.2, 0.25) is 0 Å². The number of hydrogen-bond acceptors (Lipinski definition) is 3. The van der Waals surface area contributed by atoms with Crippen LogP contribution in [-0.4, -0.2) is 17.1 Å². The predicted octanol–water partition coefficient (Wildman–Crippen LogP) is 4.91. The third-order valence-electron chi connectivity index (χ3n) is 3.44. The molecule has 0 bridgehead atoms. The molecule has 0 saturated heterocycles. The highest BCUT2D eigenvalue weighted by Crippen LogP contribution is 2.29. The van der Waals surface area contributed by atoms with E-state index in [2.05, 4.69) is 52.4 Å². The van der Waals surface area contributed by atoms with Crippen molar-refractivity contribution in [2.24, 2.45) is 0 Å². The quantitative estimate of drug-likeness (QED) is 0.682. The maximum absolute atomic E-state index is 11.2. The number of unbranched alkanes of at least 4 members (excludes halogenated alkanes) is 1. The van der Waals surface area contributed by atoms with Crippen LogP contribution in [0.25, 0.3) is 10.4 Å². The largest absolute Gasteiger partial charge is 0.480 e. The molecule has 0 amide bonds. The smallest absolute Gasteiger partial charge is 0.320 e. The molecular formula is C17H20BrNO2S. The van der Waals surface area contributed by atoms with Crippen molar-refractivity contribution >= 4 is 33.2 Å². The second kappa shape index (κ2) is 8.46. The van der Waals surface area contributed by atoms with Crippen molar-refractivity contribution in [3.8, 4) is 10.4 Å². The van der Waals surface area contributed by atoms with Crippen LogP contribution in [0.4, 0.5) is 0 Å². The molecule has 0 aliphatic carbocycles. The summed E-state index contributed by atoms with van der Waals surface area (Å²) in [5.74, 6) is -0.766. The van der Waals surface area contributed by atoms with Crippen molar-refractivity contribution < 1.29 is 9.90 Å². The van der Waals surface area contributed by atoms with Crippen molar-refractivity contribution in [2.45, 2.75) is 38.8 Å². The molecule has 0 unspecified atom stereocenters. The van der Waals surface area contributed by atoms with Crippen LogP contribution in [0.5, 0.6) is 0 Å². The van der Waals surface area contributed by atoms with Gasteiger partial charge in [-0.3, -0.25) is 10.1 Å². The van der Waals surface area contributed by atoms with Crippen LogP contribution in [0.3, 0.4) is 0 Å². The minimum Gasteiger partial charge on any atom is -0.480 e. The van der Waals surface area contributed by atoms with E-state index >= 15 is 0 Å². The highest BCUT2D eigenvalue weighted by molar-refractivity contribution is 9.10. The van der Waals surface area contributed by atoms with Crippen LogP contribution in [0.15, 0.2) is 40.9 Å². The lowest BCUT2D eigenvalue weighted by Gasteiger charge is -2.13. The maximum atomic E-state index is 11.2. The molecule has 1 aromatic heterocycles. The summed E-state index contributed by atoms with van der Waals surface area (Å²) in [5, 5.41) is 12.4. The summed E-state index contributed by atoms with van der Waals surface area (Å²) in [4.78, 5) is 13.6. The lowest BCUT2D eigenvalue weighted by atomic mass is 10.1. The molecule has 0 aliphatic heterocycles. The van der Waals surface area contributed by atoms with Gasteiger partial charge >= 0.3 is 5.97 Å². The Labute approximate surface area is 143 Å². The molecule has 2 N–H and O–H groups in total. The van der Waals surface area contributed by atoms with E-state index in [9.17, 15) is 9.90 Å². The van der Waals surface area contributed by atoms with E-state index < -0.39 is 12.0 Å². The van der Waals surface area contributed by atoms with Crippen LogP contribution < -0.4 is 5.32 Å². The van der Waals surface area contributed by atoms with E-state index in [1.807, 2.05) is 12.1 Å². The van der Waals surface area contributed by atoms with Gasteiger partial charge in [-0.1, -0.05) is 47.8 Å². The normalized spacial score (nSPS) is 12.3. The van der Waals surface area contributed by atoms with Crippen molar-refractivity contribution in [3.63, 3.8) is 0 Å². The van der Waals surface area contributed by atoms with E-state index in [1.165, 1.54) is 10.4 Å². The van der Waals surface area contributed by atoms with Crippen LogP contribution in [-0.2, 0) is 11.3 Å². The number of nitrogens with one attached hydrogen (secondary N) is 1. The number of aliphatic carboxylic acids is 1. The van der Waals surface area contributed by atoms with Gasteiger partial charge in [0, 0.05) is 20.8 Å². The van der Waals surface area contributed by atoms with Gasteiger partial charge in [-0.2, -0.15) is 0 Å². The Morgan fingerprint density at radius 1 is 1.36 bits per heavy atom. The third-order valence-corrected chi connectivity index (χ3v) is 5.07. The molecule has 0 spiro atoms. The number of rotatable bonds is 8. The average molecular weight is 382 g/mol. The fourth-order valence-corrected chi connectivity index (χ4v) is 3.57. The molecule has 22 heavy (non-hydrogen) atoms. The van der Waals surface area contributed by atoms with E-state index in [1.54, 1.807) is 11.3 Å². The Morgan fingerprint density at radius 2 is 2.18 bits per heavy atom. The van der Waals surface area contributed by atoms with E-state index in [-0.39, 0.29) is 0 Å². The topological polar surface area (TPSA) is 49.3 Å². The number of benzene rings is 1. The monoisotopic (exact) mass is 381 g/mol. The van der Waals surface area contributed by atoms with Gasteiger partial charge in [0.15, 0.2) is 0 Å². The fourth-order valence-electron chi connectivity index (χ4n) is 2.21. The highest BCUT2D eigenvalue weighted by atomic mass is 79.9. The van der Waals surface area contributed by atoms with Crippen molar-refractivity contribution in [1.29, 1.82) is 0 Å². The van der Waals surface area contributed by atoms with Gasteiger partial charge in [0.25, 0.3) is 0 Å². The summed E-state index contributed by atoms with van der Waals surface area (Å²) in [6, 6.07) is 11.9. The number of halogens is 1. The molecule has 2 aromatic rings. The Balaban J connectivity index is 1.98. The number of carboxylic acid groups (broad SMARTS) is 1. The summed E-state index contributed by atoms with van der Waals surface area (Å²) in [5.41, 5.74) is 1.17. The van der Waals surface area contributed by atoms with Crippen molar-refractivity contribution in [3.05, 3.63) is 45.7 Å². The van der Waals surface area contributed by atoms with Gasteiger partial charge in [-0.15, -0.1) is 11.3 Å². The first kappa shape index (κ1) is 17.2. The van der Waals surface area contributed by atoms with Crippen LogP contribution in [0.1, 0.15) is 31.1 Å². The molecule has 0 fully saturated rings. The zero-order valence-corrected chi connectivity index (χ0v) is 14.9. The fraction of sp³-hybridized carbons (Fsp3) is 0.353. The maximum Gasteiger partial charge on any atom is 0.320 e. The first-order valence-corrected chi connectivity index (χ1v) is 9.02. The van der Waals surface area contributed by atoms with E-state index in [4.69, 9.17) is 0 Å². The average Bonchev–Trinajstić information content (AvgIpc) is 2.96. The third kappa shape index (κ3) is 4.93. The molecule has 2 rings (SSSR count). The van der Waals surface area contributed by atoms with E-state index in [0.717, 1.165) is 22.2 Å².